The van der Waals surface area contributed by atoms with Gasteiger partial charge in [0.1, 0.15) is 11.4 Å². The van der Waals surface area contributed by atoms with Gasteiger partial charge in [-0.3, -0.25) is 14.3 Å². The number of hydrogen-bond donors (Lipinski definition) is 1. The van der Waals surface area contributed by atoms with Crippen molar-refractivity contribution in [1.29, 1.82) is 0 Å². The van der Waals surface area contributed by atoms with E-state index >= 15 is 0 Å². The van der Waals surface area contributed by atoms with E-state index in [1.807, 2.05) is 47.6 Å². The highest BCUT2D eigenvalue weighted by molar-refractivity contribution is 7.98. The molecule has 0 radical (unpaired) electrons. The van der Waals surface area contributed by atoms with Crippen LogP contribution >= 0.6 is 35.1 Å². The second kappa shape index (κ2) is 13.1. The Kier molecular flexibility index (Phi) is 8.63. The molecule has 2 aliphatic heterocycles. The molecule has 9 nitrogen and oxygen atoms in total. The zero-order valence-corrected chi connectivity index (χ0v) is 30.1. The number of carbonyl (C=O) groups is 1. The Morgan fingerprint density at radius 1 is 0.959 bits per heavy atom. The summed E-state index contributed by atoms with van der Waals surface area (Å²) in [6, 6.07) is 18.7. The fourth-order valence-electron chi connectivity index (χ4n) is 7.32. The van der Waals surface area contributed by atoms with Gasteiger partial charge in [0.2, 0.25) is 0 Å². The standard InChI is InChI=1S/C37H37ClN6O3S2/c1-41-12-13-44-31(18-41)34-30(40-44)21-48-19-23-16-24(43(3)39-23)20-49-25-15-22-7-4-5-8-26(22)32(17-25)47-14-6-9-27-28-10-11-29(38)33(34)35(28)42(2)36(27)37(45)46/h4-5,7-8,10-11,15-17H,6,9,12-14,18-21H2,1-3H3,(H,45,46). The summed E-state index contributed by atoms with van der Waals surface area (Å²) in [6.07, 6.45) is 1.20. The maximum absolute atomic E-state index is 12.9. The topological polar surface area (TPSA) is 90.3 Å². The molecule has 3 aromatic carbocycles. The van der Waals surface area contributed by atoms with Crippen molar-refractivity contribution in [2.45, 2.75) is 48.1 Å². The van der Waals surface area contributed by atoms with Crippen LogP contribution in [0.25, 0.3) is 32.8 Å². The van der Waals surface area contributed by atoms with E-state index in [1.165, 1.54) is 0 Å². The number of thioether (sulfide) groups is 2. The van der Waals surface area contributed by atoms with E-state index in [-0.39, 0.29) is 5.69 Å². The van der Waals surface area contributed by atoms with E-state index in [0.717, 1.165) is 103 Å². The molecule has 0 saturated heterocycles. The molecule has 0 atom stereocenters. The first kappa shape index (κ1) is 32.3. The number of fused-ring (bicyclic) bond motifs is 10. The number of rotatable bonds is 1. The maximum atomic E-state index is 12.9. The van der Waals surface area contributed by atoms with Gasteiger partial charge in [0, 0.05) is 76.9 Å². The van der Waals surface area contributed by atoms with Crippen LogP contribution in [-0.2, 0) is 50.9 Å². The normalized spacial score (nSPS) is 15.9. The summed E-state index contributed by atoms with van der Waals surface area (Å²) >= 11 is 10.7. The van der Waals surface area contributed by atoms with Crippen LogP contribution in [0.4, 0.5) is 0 Å². The second-order valence-electron chi connectivity index (χ2n) is 12.9. The summed E-state index contributed by atoms with van der Waals surface area (Å²) in [5, 5.41) is 24.2. The third-order valence-electron chi connectivity index (χ3n) is 9.63. The molecule has 1 N–H and O–H groups in total. The number of aromatic nitrogens is 5. The maximum Gasteiger partial charge on any atom is 0.352 e. The Labute approximate surface area is 298 Å². The second-order valence-corrected chi connectivity index (χ2v) is 15.3. The van der Waals surface area contributed by atoms with Crippen molar-refractivity contribution in [3.63, 3.8) is 0 Å². The van der Waals surface area contributed by atoms with E-state index in [4.69, 9.17) is 26.5 Å². The fourth-order valence-corrected chi connectivity index (χ4v) is 9.40. The van der Waals surface area contributed by atoms with Crippen LogP contribution in [0.2, 0.25) is 5.02 Å². The smallest absolute Gasteiger partial charge is 0.352 e. The van der Waals surface area contributed by atoms with Crippen molar-refractivity contribution >= 4 is 62.8 Å². The Morgan fingerprint density at radius 2 is 1.82 bits per heavy atom. The number of benzene rings is 3. The van der Waals surface area contributed by atoms with Crippen LogP contribution in [0, 0.1) is 0 Å². The number of halogens is 1. The molecular weight excluding hydrogens is 676 g/mol. The molecule has 8 rings (SSSR count). The monoisotopic (exact) mass is 712 g/mol. The van der Waals surface area contributed by atoms with Crippen LogP contribution in [-0.4, -0.2) is 60.3 Å². The van der Waals surface area contributed by atoms with Crippen molar-refractivity contribution < 1.29 is 14.6 Å². The minimum atomic E-state index is -0.954. The summed E-state index contributed by atoms with van der Waals surface area (Å²) in [7, 11) is 5.97. The number of likely N-dealkylation sites (N-methyl/N-ethyl adjacent to an activating group) is 1. The first-order valence-electron chi connectivity index (χ1n) is 16.4. The summed E-state index contributed by atoms with van der Waals surface area (Å²) < 4.78 is 12.4. The van der Waals surface area contributed by atoms with Crippen LogP contribution < -0.4 is 4.74 Å². The van der Waals surface area contributed by atoms with E-state index in [9.17, 15) is 9.90 Å². The van der Waals surface area contributed by atoms with Gasteiger partial charge in [-0.15, -0.1) is 23.5 Å². The number of ether oxygens (including phenoxy) is 1. The molecule has 3 aromatic heterocycles. The molecule has 252 valence electrons. The molecule has 12 heteroatoms. The highest BCUT2D eigenvalue weighted by Gasteiger charge is 2.30. The minimum Gasteiger partial charge on any atom is -0.493 e. The lowest BCUT2D eigenvalue weighted by Crippen LogP contribution is -2.30. The van der Waals surface area contributed by atoms with Gasteiger partial charge in [0.05, 0.1) is 40.8 Å². The van der Waals surface area contributed by atoms with Gasteiger partial charge < -0.3 is 14.4 Å². The van der Waals surface area contributed by atoms with E-state index in [0.29, 0.717) is 30.2 Å². The van der Waals surface area contributed by atoms with Gasteiger partial charge in [-0.05, 0) is 55.1 Å². The number of aromatic carboxylic acids is 1. The molecule has 5 heterocycles. The van der Waals surface area contributed by atoms with Gasteiger partial charge in [0.15, 0.2) is 0 Å². The highest BCUT2D eigenvalue weighted by Crippen LogP contribution is 2.44. The molecule has 0 fully saturated rings. The van der Waals surface area contributed by atoms with Gasteiger partial charge >= 0.3 is 5.97 Å². The van der Waals surface area contributed by atoms with Gasteiger partial charge in [-0.2, -0.15) is 10.2 Å². The lowest BCUT2D eigenvalue weighted by atomic mass is 9.97. The Bertz CT molecular complexity index is 2260. The van der Waals surface area contributed by atoms with Crippen LogP contribution in [0.3, 0.4) is 0 Å². The third kappa shape index (κ3) is 5.90. The molecular formula is C37H37ClN6O3S2. The van der Waals surface area contributed by atoms with E-state index in [1.54, 1.807) is 23.5 Å². The molecule has 2 aliphatic rings. The van der Waals surface area contributed by atoms with E-state index < -0.39 is 5.97 Å². The fraction of sp³-hybridized carbons (Fsp3) is 0.324. The average Bonchev–Trinajstić information content (AvgIpc) is 3.71. The Morgan fingerprint density at radius 3 is 2.67 bits per heavy atom. The average molecular weight is 713 g/mol. The van der Waals surface area contributed by atoms with Crippen molar-refractivity contribution in [2.75, 3.05) is 20.2 Å². The number of carboxylic acid groups (broad SMARTS) is 1. The van der Waals surface area contributed by atoms with Gasteiger partial charge in [-0.1, -0.05) is 41.9 Å². The lowest BCUT2D eigenvalue weighted by molar-refractivity contribution is 0.0685. The van der Waals surface area contributed by atoms with E-state index in [2.05, 4.69) is 47.0 Å². The first-order chi connectivity index (χ1) is 23.8. The minimum absolute atomic E-state index is 0.282. The zero-order valence-electron chi connectivity index (χ0n) is 27.7. The highest BCUT2D eigenvalue weighted by atomic mass is 35.5. The summed E-state index contributed by atoms with van der Waals surface area (Å²) in [5.74, 6) is 2.08. The molecule has 0 saturated carbocycles. The predicted molar refractivity (Wildman–Crippen MR) is 198 cm³/mol. The largest absolute Gasteiger partial charge is 0.493 e. The molecule has 49 heavy (non-hydrogen) atoms. The molecule has 6 aromatic rings. The Balaban J connectivity index is 1.27. The predicted octanol–water partition coefficient (Wildman–Crippen LogP) is 7.78. The summed E-state index contributed by atoms with van der Waals surface area (Å²) in [5.41, 5.74) is 8.03. The first-order valence-corrected chi connectivity index (χ1v) is 19.0. The van der Waals surface area contributed by atoms with Crippen LogP contribution in [0.5, 0.6) is 5.75 Å². The molecule has 8 bridgehead atoms. The molecule has 0 unspecified atom stereocenters. The van der Waals surface area contributed by atoms with Crippen LogP contribution in [0.1, 0.15) is 45.2 Å². The summed E-state index contributed by atoms with van der Waals surface area (Å²) in [4.78, 5) is 16.3. The Hall–Kier alpha value is -3.90. The van der Waals surface area contributed by atoms with Crippen LogP contribution in [0.15, 0.2) is 59.5 Å². The number of carboxylic acids is 1. The van der Waals surface area contributed by atoms with Crippen molar-refractivity contribution in [2.24, 2.45) is 14.1 Å². The lowest BCUT2D eigenvalue weighted by Gasteiger charge is -2.24. The van der Waals surface area contributed by atoms with Crippen molar-refractivity contribution in [3.8, 4) is 16.9 Å². The number of hydrogen-bond acceptors (Lipinski definition) is 7. The zero-order chi connectivity index (χ0) is 33.8. The summed E-state index contributed by atoms with van der Waals surface area (Å²) in [6.45, 7) is 2.88. The molecule has 0 spiro atoms. The molecule has 0 aliphatic carbocycles. The van der Waals surface area contributed by atoms with Crippen molar-refractivity contribution in [3.05, 3.63) is 93.7 Å². The quantitative estimate of drug-likeness (QED) is 0.185. The van der Waals surface area contributed by atoms with Gasteiger partial charge in [0.25, 0.3) is 0 Å². The van der Waals surface area contributed by atoms with Crippen molar-refractivity contribution in [1.82, 2.24) is 29.0 Å². The third-order valence-corrected chi connectivity index (χ3v) is 11.9. The number of aryl methyl sites for hydroxylation is 3. The van der Waals surface area contributed by atoms with Gasteiger partial charge in [-0.25, -0.2) is 4.79 Å². The SMILES string of the molecule is CN1CCn2nc3c(c2C1)-c1c(Cl)ccc2c(c(C(=O)O)n(C)c12)CCCOc1cc(cc2ccccc12)SCc1cc(nn1C)CSC3. The number of nitrogens with zero attached hydrogens (tertiary/aromatic N) is 6. The molecule has 0 amide bonds.